The minimum Gasteiger partial charge on any atom is -0.444 e. The van der Waals surface area contributed by atoms with E-state index in [-0.39, 0.29) is 12.5 Å². The number of aliphatic hydroxyl groups is 1. The third-order valence-electron chi connectivity index (χ3n) is 4.67. The third-order valence-corrected chi connectivity index (χ3v) is 6.58. The summed E-state index contributed by atoms with van der Waals surface area (Å²) >= 11 is 0. The van der Waals surface area contributed by atoms with E-state index < -0.39 is 27.5 Å². The molecule has 140 valence electrons. The number of fused-ring (bicyclic) bond motifs is 1. The second-order valence-corrected chi connectivity index (χ2v) is 10.0. The zero-order chi connectivity index (χ0) is 18.3. The fraction of sp³-hybridized carbons (Fsp3) is 0.933. The lowest BCUT2D eigenvalue weighted by atomic mass is 9.76. The third kappa shape index (κ3) is 4.01. The molecule has 0 spiro atoms. The topological polar surface area (TPSA) is 90.4 Å². The van der Waals surface area contributed by atoms with Gasteiger partial charge in [-0.1, -0.05) is 0 Å². The van der Waals surface area contributed by atoms with Crippen LogP contribution in [0.25, 0.3) is 0 Å². The van der Waals surface area contributed by atoms with E-state index in [4.69, 9.17) is 4.74 Å². The molecule has 24 heavy (non-hydrogen) atoms. The van der Waals surface area contributed by atoms with Gasteiger partial charge in [-0.05, 0) is 33.6 Å². The molecule has 2 aliphatic rings. The van der Waals surface area contributed by atoms with Crippen molar-refractivity contribution in [3.05, 3.63) is 0 Å². The number of likely N-dealkylation sites (tertiary alicyclic amines) is 1. The first-order chi connectivity index (χ1) is 10.8. The molecule has 0 radical (unpaired) electrons. The van der Waals surface area contributed by atoms with Gasteiger partial charge in [0.05, 0.1) is 5.60 Å². The molecule has 2 atom stereocenters. The van der Waals surface area contributed by atoms with Gasteiger partial charge >= 0.3 is 6.09 Å². The number of carbonyl (C=O) groups is 1. The van der Waals surface area contributed by atoms with Crippen molar-refractivity contribution in [2.24, 2.45) is 5.92 Å². The number of amides is 1. The lowest BCUT2D eigenvalue weighted by Crippen LogP contribution is -2.62. The van der Waals surface area contributed by atoms with Crippen molar-refractivity contribution in [1.29, 1.82) is 0 Å². The molecular weight excluding hydrogens is 334 g/mol. The molecule has 0 aromatic heterocycles. The lowest BCUT2D eigenvalue weighted by molar-refractivity contribution is -0.101. The second kappa shape index (κ2) is 6.44. The molecule has 0 aliphatic carbocycles. The highest BCUT2D eigenvalue weighted by molar-refractivity contribution is 7.86. The van der Waals surface area contributed by atoms with Crippen LogP contribution in [-0.4, -0.2) is 84.6 Å². The molecule has 2 saturated heterocycles. The molecule has 2 unspecified atom stereocenters. The number of rotatable bonds is 2. The predicted octanol–water partition coefficient (Wildman–Crippen LogP) is 0.487. The maximum absolute atomic E-state index is 12.3. The summed E-state index contributed by atoms with van der Waals surface area (Å²) in [4.78, 5) is 13.8. The molecule has 2 aliphatic heterocycles. The van der Waals surface area contributed by atoms with Crippen LogP contribution >= 0.6 is 0 Å². The summed E-state index contributed by atoms with van der Waals surface area (Å²) in [6.07, 6.45) is 0.400. The minimum atomic E-state index is -3.52. The summed E-state index contributed by atoms with van der Waals surface area (Å²) in [5.41, 5.74) is -1.51. The number of carbonyl (C=O) groups excluding carboxylic acids is 1. The monoisotopic (exact) mass is 363 g/mol. The Morgan fingerprint density at radius 3 is 2.33 bits per heavy atom. The maximum Gasteiger partial charge on any atom is 0.410 e. The fourth-order valence-corrected chi connectivity index (χ4v) is 4.36. The highest BCUT2D eigenvalue weighted by Crippen LogP contribution is 2.36. The Hall–Kier alpha value is -0.900. The highest BCUT2D eigenvalue weighted by Gasteiger charge is 2.48. The van der Waals surface area contributed by atoms with Gasteiger partial charge in [-0.25, -0.2) is 4.79 Å². The molecule has 2 rings (SSSR count). The van der Waals surface area contributed by atoms with Crippen molar-refractivity contribution in [2.45, 2.75) is 44.8 Å². The molecule has 8 nitrogen and oxygen atoms in total. The lowest BCUT2D eigenvalue weighted by Gasteiger charge is -2.49. The summed E-state index contributed by atoms with van der Waals surface area (Å²) < 4.78 is 32.6. The molecule has 2 heterocycles. The van der Waals surface area contributed by atoms with Crippen LogP contribution in [-0.2, 0) is 14.9 Å². The molecule has 0 saturated carbocycles. The molecule has 2 fully saturated rings. The Kier molecular flexibility index (Phi) is 5.21. The highest BCUT2D eigenvalue weighted by atomic mass is 32.2. The van der Waals surface area contributed by atoms with Crippen molar-refractivity contribution in [3.8, 4) is 0 Å². The Labute approximate surface area is 144 Å². The van der Waals surface area contributed by atoms with E-state index in [1.54, 1.807) is 25.7 Å². The Bertz CT molecular complexity index is 586. The zero-order valence-corrected chi connectivity index (χ0v) is 16.0. The van der Waals surface area contributed by atoms with Crippen molar-refractivity contribution in [1.82, 2.24) is 13.5 Å². The first-order valence-corrected chi connectivity index (χ1v) is 9.63. The number of nitrogens with zero attached hydrogens (tertiary/aromatic N) is 3. The van der Waals surface area contributed by atoms with Crippen LogP contribution in [0, 0.1) is 5.92 Å². The van der Waals surface area contributed by atoms with Crippen molar-refractivity contribution >= 4 is 16.3 Å². The number of ether oxygens (including phenoxy) is 1. The van der Waals surface area contributed by atoms with E-state index in [0.717, 1.165) is 0 Å². The number of hydrogen-bond donors (Lipinski definition) is 1. The molecule has 0 aromatic carbocycles. The Morgan fingerprint density at radius 2 is 1.79 bits per heavy atom. The average Bonchev–Trinajstić information content (AvgIpc) is 2.43. The van der Waals surface area contributed by atoms with Crippen LogP contribution in [0.4, 0.5) is 4.79 Å². The van der Waals surface area contributed by atoms with Gasteiger partial charge in [0, 0.05) is 46.2 Å². The largest absolute Gasteiger partial charge is 0.444 e. The van der Waals surface area contributed by atoms with E-state index >= 15 is 0 Å². The molecule has 9 heteroatoms. The summed E-state index contributed by atoms with van der Waals surface area (Å²) in [6, 6.07) is 0. The van der Waals surface area contributed by atoms with Gasteiger partial charge in [-0.15, -0.1) is 0 Å². The van der Waals surface area contributed by atoms with Crippen LogP contribution in [0.15, 0.2) is 0 Å². The van der Waals surface area contributed by atoms with E-state index in [9.17, 15) is 18.3 Å². The van der Waals surface area contributed by atoms with Gasteiger partial charge in [0.2, 0.25) is 0 Å². The van der Waals surface area contributed by atoms with Crippen molar-refractivity contribution in [3.63, 3.8) is 0 Å². The van der Waals surface area contributed by atoms with Crippen LogP contribution in [0.3, 0.4) is 0 Å². The summed E-state index contributed by atoms with van der Waals surface area (Å²) in [5, 5.41) is 10.8. The second-order valence-electron chi connectivity index (χ2n) is 7.88. The van der Waals surface area contributed by atoms with Gasteiger partial charge < -0.3 is 14.7 Å². The normalized spacial score (nSPS) is 29.5. The van der Waals surface area contributed by atoms with Gasteiger partial charge in [0.1, 0.15) is 5.60 Å². The maximum atomic E-state index is 12.3. The standard InChI is InChI=1S/C15H29N3O5S/c1-14(2,3)23-13(19)17-8-6-15(20)7-9-18(11-12(15)10-17)24(21,22)16(4)5/h12,20H,6-11H2,1-5H3. The van der Waals surface area contributed by atoms with Gasteiger partial charge in [0.25, 0.3) is 10.2 Å². The van der Waals surface area contributed by atoms with Crippen LogP contribution in [0.2, 0.25) is 0 Å². The Morgan fingerprint density at radius 1 is 1.21 bits per heavy atom. The van der Waals surface area contributed by atoms with Crippen molar-refractivity contribution in [2.75, 3.05) is 40.3 Å². The smallest absolute Gasteiger partial charge is 0.410 e. The zero-order valence-electron chi connectivity index (χ0n) is 15.2. The van der Waals surface area contributed by atoms with Crippen molar-refractivity contribution < 1.29 is 23.1 Å². The summed E-state index contributed by atoms with van der Waals surface area (Å²) in [5.74, 6) is -0.317. The first kappa shape index (κ1) is 19.4. The van der Waals surface area contributed by atoms with Crippen LogP contribution < -0.4 is 0 Å². The molecule has 0 bridgehead atoms. The van der Waals surface area contributed by atoms with Gasteiger partial charge in [-0.2, -0.15) is 17.0 Å². The van der Waals surface area contributed by atoms with Crippen LogP contribution in [0.1, 0.15) is 33.6 Å². The molecule has 0 aromatic rings. The molecule has 1 amide bonds. The van der Waals surface area contributed by atoms with Gasteiger partial charge in [0.15, 0.2) is 0 Å². The molecular formula is C15H29N3O5S. The average molecular weight is 363 g/mol. The van der Waals surface area contributed by atoms with E-state index in [0.29, 0.717) is 32.5 Å². The van der Waals surface area contributed by atoms with E-state index in [2.05, 4.69) is 0 Å². The summed E-state index contributed by atoms with van der Waals surface area (Å²) in [7, 11) is -0.543. The van der Waals surface area contributed by atoms with Gasteiger partial charge in [-0.3, -0.25) is 0 Å². The molecule has 1 N–H and O–H groups in total. The SMILES string of the molecule is CN(C)S(=O)(=O)N1CCC2(O)CCN(C(=O)OC(C)(C)C)CC2C1. The van der Waals surface area contributed by atoms with E-state index in [1.165, 1.54) is 22.7 Å². The predicted molar refractivity (Wildman–Crippen MR) is 89.7 cm³/mol. The summed E-state index contributed by atoms with van der Waals surface area (Å²) in [6.45, 7) is 6.62. The number of hydrogen-bond acceptors (Lipinski definition) is 5. The number of piperidine rings is 2. The van der Waals surface area contributed by atoms with E-state index in [1.807, 2.05) is 0 Å². The quantitative estimate of drug-likeness (QED) is 0.771. The fourth-order valence-electron chi connectivity index (χ4n) is 3.20. The van der Waals surface area contributed by atoms with Crippen LogP contribution in [0.5, 0.6) is 0 Å². The minimum absolute atomic E-state index is 0.205. The Balaban J connectivity index is 2.10. The first-order valence-electron chi connectivity index (χ1n) is 8.23.